The Morgan fingerprint density at radius 1 is 1.67 bits per heavy atom. The smallest absolute Gasteiger partial charge is 0.311 e. The highest BCUT2D eigenvalue weighted by atomic mass is 19.1. The van der Waals surface area contributed by atoms with Gasteiger partial charge in [0.05, 0.1) is 6.54 Å². The molecule has 0 saturated heterocycles. The summed E-state index contributed by atoms with van der Waals surface area (Å²) in [6.45, 7) is -0.230. The number of H-pyrrole nitrogens is 1. The normalized spacial score (nSPS) is 9.33. The molecular formula is C7H5FN2O2. The average Bonchev–Trinajstić information content (AvgIpc) is 2.06. The lowest BCUT2D eigenvalue weighted by molar-refractivity contribution is 0.562. The third-order valence-electron chi connectivity index (χ3n) is 1.27. The molecule has 0 aliphatic carbocycles. The van der Waals surface area contributed by atoms with Gasteiger partial charge in [-0.1, -0.05) is 5.92 Å². The summed E-state index contributed by atoms with van der Waals surface area (Å²) in [7, 11) is 0. The van der Waals surface area contributed by atoms with Crippen molar-refractivity contribution < 1.29 is 4.39 Å². The van der Waals surface area contributed by atoms with Crippen molar-refractivity contribution in [2.75, 3.05) is 0 Å². The quantitative estimate of drug-likeness (QED) is 0.564. The Kier molecular flexibility index (Phi) is 2.10. The molecule has 0 unspecified atom stereocenters. The molecule has 0 radical (unpaired) electrons. The topological polar surface area (TPSA) is 54.9 Å². The van der Waals surface area contributed by atoms with Crippen LogP contribution < -0.4 is 11.2 Å². The number of aromatic nitrogens is 2. The zero-order valence-electron chi connectivity index (χ0n) is 6.00. The molecule has 0 amide bonds. The average molecular weight is 168 g/mol. The summed E-state index contributed by atoms with van der Waals surface area (Å²) in [6, 6.07) is 0. The summed E-state index contributed by atoms with van der Waals surface area (Å²) < 4.78 is 13.1. The first-order chi connectivity index (χ1) is 5.66. The summed E-state index contributed by atoms with van der Waals surface area (Å²) >= 11 is 0. The maximum absolute atomic E-state index is 12.5. The monoisotopic (exact) mass is 168 g/mol. The van der Waals surface area contributed by atoms with Crippen LogP contribution in [-0.4, -0.2) is 9.55 Å². The number of halogens is 1. The molecule has 1 aromatic heterocycles. The Morgan fingerprint density at radius 3 is 2.92 bits per heavy atom. The third kappa shape index (κ3) is 1.27. The Hall–Kier alpha value is -1.83. The van der Waals surface area contributed by atoms with Crippen LogP contribution in [0.2, 0.25) is 0 Å². The van der Waals surface area contributed by atoms with E-state index in [4.69, 9.17) is 6.42 Å². The first kappa shape index (κ1) is 8.27. The van der Waals surface area contributed by atoms with E-state index < -0.39 is 17.1 Å². The number of aromatic amines is 1. The van der Waals surface area contributed by atoms with Crippen LogP contribution in [0.5, 0.6) is 0 Å². The molecule has 0 bridgehead atoms. The molecule has 5 heteroatoms. The van der Waals surface area contributed by atoms with Gasteiger partial charge in [0.15, 0.2) is 0 Å². The molecule has 1 N–H and O–H groups in total. The summed E-state index contributed by atoms with van der Waals surface area (Å²) in [5.74, 6) is 1.05. The van der Waals surface area contributed by atoms with E-state index in [9.17, 15) is 14.0 Å². The highest BCUT2D eigenvalue weighted by Crippen LogP contribution is 1.79. The van der Waals surface area contributed by atoms with Crippen molar-refractivity contribution in [2.24, 2.45) is 0 Å². The van der Waals surface area contributed by atoms with E-state index in [2.05, 4.69) is 5.92 Å². The molecule has 4 nitrogen and oxygen atoms in total. The van der Waals surface area contributed by atoms with Gasteiger partial charge in [0.25, 0.3) is 5.56 Å². The van der Waals surface area contributed by atoms with Gasteiger partial charge in [-0.2, -0.15) is 4.39 Å². The van der Waals surface area contributed by atoms with E-state index in [1.165, 1.54) is 0 Å². The largest absolute Gasteiger partial charge is 0.329 e. The SMILES string of the molecule is C#CCn1c(=O)[nH]cc(F)c1=O. The van der Waals surface area contributed by atoms with Crippen molar-refractivity contribution in [3.63, 3.8) is 0 Å². The van der Waals surface area contributed by atoms with Gasteiger partial charge < -0.3 is 4.98 Å². The van der Waals surface area contributed by atoms with Crippen LogP contribution in [-0.2, 0) is 6.54 Å². The van der Waals surface area contributed by atoms with Crippen molar-refractivity contribution in [3.05, 3.63) is 32.9 Å². The number of hydrogen-bond acceptors (Lipinski definition) is 2. The second-order valence-electron chi connectivity index (χ2n) is 2.04. The van der Waals surface area contributed by atoms with Crippen LogP contribution in [0, 0.1) is 18.2 Å². The van der Waals surface area contributed by atoms with Gasteiger partial charge in [0, 0.05) is 6.20 Å². The molecule has 1 rings (SSSR count). The molecule has 0 saturated carbocycles. The zero-order chi connectivity index (χ0) is 9.14. The van der Waals surface area contributed by atoms with Crippen molar-refractivity contribution >= 4 is 0 Å². The minimum Gasteiger partial charge on any atom is -0.311 e. The van der Waals surface area contributed by atoms with E-state index in [1.807, 2.05) is 4.98 Å². The van der Waals surface area contributed by atoms with Crippen molar-refractivity contribution in [3.8, 4) is 12.3 Å². The van der Waals surface area contributed by atoms with E-state index in [0.717, 1.165) is 0 Å². The summed E-state index contributed by atoms with van der Waals surface area (Å²) in [4.78, 5) is 23.7. The van der Waals surface area contributed by atoms with Gasteiger partial charge in [-0.25, -0.2) is 9.36 Å². The first-order valence-electron chi connectivity index (χ1n) is 3.08. The second-order valence-corrected chi connectivity index (χ2v) is 2.04. The summed E-state index contributed by atoms with van der Waals surface area (Å²) in [5.41, 5.74) is -1.71. The van der Waals surface area contributed by atoms with Crippen molar-refractivity contribution in [1.29, 1.82) is 0 Å². The zero-order valence-corrected chi connectivity index (χ0v) is 6.00. The Morgan fingerprint density at radius 2 is 2.33 bits per heavy atom. The van der Waals surface area contributed by atoms with Gasteiger partial charge in [0.1, 0.15) is 0 Å². The highest BCUT2D eigenvalue weighted by Gasteiger charge is 2.03. The molecule has 0 atom stereocenters. The lowest BCUT2D eigenvalue weighted by Gasteiger charge is -1.96. The van der Waals surface area contributed by atoms with Crippen LogP contribution in [0.15, 0.2) is 15.8 Å². The minimum atomic E-state index is -1.02. The number of rotatable bonds is 1. The number of terminal acetylenes is 1. The van der Waals surface area contributed by atoms with Crippen LogP contribution in [0.4, 0.5) is 4.39 Å². The van der Waals surface area contributed by atoms with Gasteiger partial charge >= 0.3 is 5.69 Å². The van der Waals surface area contributed by atoms with Crippen LogP contribution >= 0.6 is 0 Å². The highest BCUT2D eigenvalue weighted by molar-refractivity contribution is 4.92. The molecule has 1 aromatic rings. The fraction of sp³-hybridized carbons (Fsp3) is 0.143. The van der Waals surface area contributed by atoms with Crippen molar-refractivity contribution in [1.82, 2.24) is 9.55 Å². The molecule has 62 valence electrons. The van der Waals surface area contributed by atoms with Crippen LogP contribution in [0.25, 0.3) is 0 Å². The number of nitrogens with zero attached hydrogens (tertiary/aromatic N) is 1. The Bertz CT molecular complexity index is 438. The fourth-order valence-corrected chi connectivity index (χ4v) is 0.721. The van der Waals surface area contributed by atoms with Crippen molar-refractivity contribution in [2.45, 2.75) is 6.54 Å². The molecule has 0 spiro atoms. The molecule has 0 aromatic carbocycles. The molecular weight excluding hydrogens is 163 g/mol. The predicted octanol–water partition coefficient (Wildman–Crippen LogP) is -0.691. The third-order valence-corrected chi connectivity index (χ3v) is 1.27. The Labute approximate surface area is 66.7 Å². The summed E-state index contributed by atoms with van der Waals surface area (Å²) in [5, 5.41) is 0. The van der Waals surface area contributed by atoms with Gasteiger partial charge in [-0.05, 0) is 0 Å². The standard InChI is InChI=1S/C7H5FN2O2/c1-2-3-10-6(11)5(8)4-9-7(10)12/h1,4H,3H2,(H,9,12). The van der Waals surface area contributed by atoms with Gasteiger partial charge in [-0.3, -0.25) is 4.79 Å². The van der Waals surface area contributed by atoms with E-state index >= 15 is 0 Å². The van der Waals surface area contributed by atoms with Crippen LogP contribution in [0.1, 0.15) is 0 Å². The molecule has 1 heterocycles. The number of hydrogen-bond donors (Lipinski definition) is 1. The first-order valence-corrected chi connectivity index (χ1v) is 3.08. The maximum atomic E-state index is 12.5. The lowest BCUT2D eigenvalue weighted by Crippen LogP contribution is -2.36. The molecule has 0 fully saturated rings. The van der Waals surface area contributed by atoms with Gasteiger partial charge in [-0.15, -0.1) is 6.42 Å². The van der Waals surface area contributed by atoms with Crippen LogP contribution in [0.3, 0.4) is 0 Å². The van der Waals surface area contributed by atoms with E-state index in [-0.39, 0.29) is 6.54 Å². The molecule has 12 heavy (non-hydrogen) atoms. The number of nitrogens with one attached hydrogen (secondary N) is 1. The molecule has 0 aliphatic heterocycles. The fourth-order valence-electron chi connectivity index (χ4n) is 0.721. The maximum Gasteiger partial charge on any atom is 0.329 e. The molecule has 0 aliphatic rings. The predicted molar refractivity (Wildman–Crippen MR) is 40.1 cm³/mol. The lowest BCUT2D eigenvalue weighted by atomic mass is 10.5. The minimum absolute atomic E-state index is 0.230. The Balaban J connectivity index is 3.46. The summed E-state index contributed by atoms with van der Waals surface area (Å²) in [6.07, 6.45) is 5.57. The second kappa shape index (κ2) is 3.05. The van der Waals surface area contributed by atoms with E-state index in [1.54, 1.807) is 0 Å². The van der Waals surface area contributed by atoms with E-state index in [0.29, 0.717) is 10.8 Å². The van der Waals surface area contributed by atoms with Gasteiger partial charge in [0.2, 0.25) is 5.82 Å².